The number of rotatable bonds is 4. The molecule has 6 aromatic carbocycles. The number of para-hydroxylation sites is 2. The van der Waals surface area contributed by atoms with E-state index in [1.165, 1.54) is 10.8 Å². The van der Waals surface area contributed by atoms with Crippen molar-refractivity contribution in [1.82, 2.24) is 19.5 Å². The van der Waals surface area contributed by atoms with Gasteiger partial charge >= 0.3 is 0 Å². The number of hydrogen-bond donors (Lipinski definition) is 0. The van der Waals surface area contributed by atoms with Crippen LogP contribution in [0.2, 0.25) is 0 Å². The Labute approximate surface area is 258 Å². The maximum absolute atomic E-state index is 6.43. The molecule has 0 atom stereocenters. The molecule has 2 aromatic heterocycles. The van der Waals surface area contributed by atoms with E-state index in [1.807, 2.05) is 91.0 Å². The zero-order valence-corrected chi connectivity index (χ0v) is 24.0. The Bertz CT molecular complexity index is 2270. The van der Waals surface area contributed by atoms with Gasteiger partial charge in [0.15, 0.2) is 40.5 Å². The topological polar surface area (TPSA) is 62.1 Å². The third kappa shape index (κ3) is 4.31. The third-order valence-electron chi connectivity index (χ3n) is 8.11. The minimum Gasteiger partial charge on any atom is -0.449 e. The molecule has 9 rings (SSSR count). The first-order chi connectivity index (χ1) is 22.3. The summed E-state index contributed by atoms with van der Waals surface area (Å²) in [6.45, 7) is 0. The van der Waals surface area contributed by atoms with Crippen LogP contribution in [0, 0.1) is 0 Å². The minimum atomic E-state index is 0.557. The summed E-state index contributed by atoms with van der Waals surface area (Å²) in [7, 11) is 0. The van der Waals surface area contributed by atoms with E-state index in [1.54, 1.807) is 0 Å². The van der Waals surface area contributed by atoms with E-state index < -0.39 is 0 Å². The van der Waals surface area contributed by atoms with Gasteiger partial charge in [0.25, 0.3) is 0 Å². The molecule has 6 heteroatoms. The van der Waals surface area contributed by atoms with Gasteiger partial charge in [0.1, 0.15) is 0 Å². The normalized spacial score (nSPS) is 11.9. The maximum Gasteiger partial charge on any atom is 0.172 e. The Morgan fingerprint density at radius 3 is 1.42 bits per heavy atom. The third-order valence-corrected chi connectivity index (χ3v) is 8.11. The monoisotopic (exact) mass is 580 g/mol. The first kappa shape index (κ1) is 25.2. The molecule has 0 saturated carbocycles. The second-order valence-corrected chi connectivity index (χ2v) is 10.9. The molecule has 0 N–H and O–H groups in total. The predicted octanol–water partition coefficient (Wildman–Crippen LogP) is 9.87. The molecule has 0 bridgehead atoms. The fourth-order valence-electron chi connectivity index (χ4n) is 5.99. The largest absolute Gasteiger partial charge is 0.449 e. The van der Waals surface area contributed by atoms with E-state index in [9.17, 15) is 0 Å². The molecule has 0 saturated heterocycles. The molecule has 0 radical (unpaired) electrons. The molecular formula is C39H24N4O2. The number of benzene rings is 6. The summed E-state index contributed by atoms with van der Waals surface area (Å²) >= 11 is 0. The highest BCUT2D eigenvalue weighted by molar-refractivity contribution is 6.09. The molecule has 0 fully saturated rings. The smallest absolute Gasteiger partial charge is 0.172 e. The van der Waals surface area contributed by atoms with Crippen molar-refractivity contribution in [2.24, 2.45) is 0 Å². The Balaban J connectivity index is 1.10. The fraction of sp³-hybridized carbons (Fsp3) is 0. The van der Waals surface area contributed by atoms with Gasteiger partial charge in [-0.15, -0.1) is 0 Å². The van der Waals surface area contributed by atoms with Crippen LogP contribution in [-0.4, -0.2) is 19.5 Å². The van der Waals surface area contributed by atoms with Crippen LogP contribution in [0.3, 0.4) is 0 Å². The molecule has 6 nitrogen and oxygen atoms in total. The molecule has 8 aromatic rings. The SMILES string of the molecule is c1ccc(-c2nc(-c3ccccc3)nc(-c3ccc4c(c3)Oc3ccc(-n5c6ccccc6c6ccccc65)cc3O4)n2)cc1. The summed E-state index contributed by atoms with van der Waals surface area (Å²) in [5.74, 6) is 4.32. The average Bonchev–Trinajstić information content (AvgIpc) is 3.45. The highest BCUT2D eigenvalue weighted by atomic mass is 16.6. The standard InChI is InChI=1S/C39H24N4O2/c1-3-11-25(12-4-1)37-40-38(26-13-5-2-6-14-26)42-39(41-37)27-19-21-33-35(23-27)44-34-22-20-28(24-36(34)45-33)43-31-17-9-7-15-29(31)30-16-8-10-18-32(30)43/h1-24H. The van der Waals surface area contributed by atoms with Crippen molar-refractivity contribution in [3.63, 3.8) is 0 Å². The summed E-state index contributed by atoms with van der Waals surface area (Å²) in [6, 6.07) is 48.7. The van der Waals surface area contributed by atoms with Gasteiger partial charge in [-0.1, -0.05) is 97.1 Å². The van der Waals surface area contributed by atoms with Crippen LogP contribution < -0.4 is 9.47 Å². The Kier molecular flexibility index (Phi) is 5.71. The number of nitrogens with zero attached hydrogens (tertiary/aromatic N) is 4. The van der Waals surface area contributed by atoms with E-state index in [4.69, 9.17) is 24.4 Å². The van der Waals surface area contributed by atoms with Crippen LogP contribution in [0.4, 0.5) is 0 Å². The first-order valence-corrected chi connectivity index (χ1v) is 14.8. The van der Waals surface area contributed by atoms with Crippen molar-refractivity contribution in [2.45, 2.75) is 0 Å². The van der Waals surface area contributed by atoms with Crippen molar-refractivity contribution >= 4 is 21.8 Å². The zero-order chi connectivity index (χ0) is 29.7. The van der Waals surface area contributed by atoms with Crippen LogP contribution >= 0.6 is 0 Å². The summed E-state index contributed by atoms with van der Waals surface area (Å²) in [6.07, 6.45) is 0. The minimum absolute atomic E-state index is 0.557. The molecule has 1 aliphatic heterocycles. The Morgan fingerprint density at radius 2 is 0.844 bits per heavy atom. The number of ether oxygens (including phenoxy) is 2. The van der Waals surface area contributed by atoms with Crippen LogP contribution in [-0.2, 0) is 0 Å². The Hall–Kier alpha value is -6.27. The summed E-state index contributed by atoms with van der Waals surface area (Å²) in [4.78, 5) is 14.5. The number of aromatic nitrogens is 4. The van der Waals surface area contributed by atoms with Gasteiger partial charge < -0.3 is 14.0 Å². The molecule has 0 amide bonds. The molecule has 45 heavy (non-hydrogen) atoms. The van der Waals surface area contributed by atoms with Crippen molar-refractivity contribution in [3.8, 4) is 62.8 Å². The van der Waals surface area contributed by atoms with Gasteiger partial charge in [-0.25, -0.2) is 15.0 Å². The summed E-state index contributed by atoms with van der Waals surface area (Å²) < 4.78 is 15.1. The molecule has 0 aliphatic carbocycles. The zero-order valence-electron chi connectivity index (χ0n) is 24.0. The second kappa shape index (κ2) is 10.2. The Morgan fingerprint density at radius 1 is 0.378 bits per heavy atom. The fourth-order valence-corrected chi connectivity index (χ4v) is 5.99. The van der Waals surface area contributed by atoms with Gasteiger partial charge in [0, 0.05) is 33.5 Å². The molecule has 0 spiro atoms. The second-order valence-electron chi connectivity index (χ2n) is 10.9. The van der Waals surface area contributed by atoms with Crippen molar-refractivity contribution in [1.29, 1.82) is 0 Å². The summed E-state index contributed by atoms with van der Waals surface area (Å²) in [5.41, 5.74) is 5.93. The van der Waals surface area contributed by atoms with Crippen LogP contribution in [0.15, 0.2) is 146 Å². The van der Waals surface area contributed by atoms with E-state index >= 15 is 0 Å². The lowest BCUT2D eigenvalue weighted by atomic mass is 10.1. The van der Waals surface area contributed by atoms with Crippen molar-refractivity contribution in [3.05, 3.63) is 146 Å². The lowest BCUT2D eigenvalue weighted by Gasteiger charge is -2.22. The lowest BCUT2D eigenvalue weighted by molar-refractivity contribution is 0.359. The summed E-state index contributed by atoms with van der Waals surface area (Å²) in [5, 5.41) is 2.43. The van der Waals surface area contributed by atoms with Gasteiger partial charge in [0.2, 0.25) is 0 Å². The van der Waals surface area contributed by atoms with Crippen molar-refractivity contribution < 1.29 is 9.47 Å². The lowest BCUT2D eigenvalue weighted by Crippen LogP contribution is -2.03. The van der Waals surface area contributed by atoms with Crippen molar-refractivity contribution in [2.75, 3.05) is 0 Å². The van der Waals surface area contributed by atoms with Crippen LogP contribution in [0.5, 0.6) is 23.0 Å². The first-order valence-electron chi connectivity index (χ1n) is 14.8. The van der Waals surface area contributed by atoms with Gasteiger partial charge in [-0.3, -0.25) is 0 Å². The van der Waals surface area contributed by atoms with Crippen LogP contribution in [0.1, 0.15) is 0 Å². The molecule has 0 unspecified atom stereocenters. The van der Waals surface area contributed by atoms with Crippen LogP contribution in [0.25, 0.3) is 61.7 Å². The van der Waals surface area contributed by atoms with E-state index in [-0.39, 0.29) is 0 Å². The van der Waals surface area contributed by atoms with E-state index in [0.29, 0.717) is 40.5 Å². The van der Waals surface area contributed by atoms with Gasteiger partial charge in [0.05, 0.1) is 16.7 Å². The van der Waals surface area contributed by atoms with Gasteiger partial charge in [-0.2, -0.15) is 0 Å². The maximum atomic E-state index is 6.43. The predicted molar refractivity (Wildman–Crippen MR) is 177 cm³/mol. The van der Waals surface area contributed by atoms with E-state index in [2.05, 4.69) is 59.2 Å². The number of fused-ring (bicyclic) bond motifs is 5. The number of hydrogen-bond acceptors (Lipinski definition) is 5. The van der Waals surface area contributed by atoms with E-state index in [0.717, 1.165) is 33.4 Å². The molecule has 212 valence electrons. The molecule has 1 aliphatic rings. The highest BCUT2D eigenvalue weighted by Gasteiger charge is 2.22. The highest BCUT2D eigenvalue weighted by Crippen LogP contribution is 2.47. The molecule has 3 heterocycles. The quantitative estimate of drug-likeness (QED) is 0.207. The average molecular weight is 581 g/mol. The molecular weight excluding hydrogens is 556 g/mol. The van der Waals surface area contributed by atoms with Gasteiger partial charge in [-0.05, 0) is 42.5 Å².